The van der Waals surface area contributed by atoms with E-state index in [1.165, 1.54) is 4.90 Å². The molecule has 0 radical (unpaired) electrons. The Morgan fingerprint density at radius 2 is 1.97 bits per heavy atom. The molecule has 2 unspecified atom stereocenters. The number of aliphatic hydroxyl groups is 1. The van der Waals surface area contributed by atoms with Crippen LogP contribution in [0.15, 0.2) is 48.5 Å². The summed E-state index contributed by atoms with van der Waals surface area (Å²) >= 11 is 0. The van der Waals surface area contributed by atoms with Crippen molar-refractivity contribution in [2.75, 3.05) is 23.9 Å². The van der Waals surface area contributed by atoms with Crippen molar-refractivity contribution in [2.45, 2.75) is 25.0 Å². The lowest BCUT2D eigenvalue weighted by molar-refractivity contribution is -0.120. The monoisotopic (exact) mass is 405 g/mol. The smallest absolute Gasteiger partial charge is 0.319 e. The number of ether oxygens (including phenoxy) is 1. The number of urea groups is 1. The summed E-state index contributed by atoms with van der Waals surface area (Å²) in [5, 5.41) is 14.8. The number of hydrogen-bond donors (Lipinski definition) is 3. The molecule has 1 aliphatic heterocycles. The normalized spacial score (nSPS) is 15.3. The first-order valence-electron chi connectivity index (χ1n) is 8.96. The zero-order valence-electron chi connectivity index (χ0n) is 15.6. The van der Waals surface area contributed by atoms with E-state index in [1.807, 2.05) is 0 Å². The maximum Gasteiger partial charge on any atom is 0.319 e. The Morgan fingerprint density at radius 1 is 1.24 bits per heavy atom. The number of carbonyl (C=O) groups excluding carboxylic acids is 2. The molecule has 154 valence electrons. The van der Waals surface area contributed by atoms with Gasteiger partial charge in [-0.1, -0.05) is 30.3 Å². The van der Waals surface area contributed by atoms with Gasteiger partial charge in [-0.15, -0.1) is 0 Å². The van der Waals surface area contributed by atoms with Crippen LogP contribution in [0.1, 0.15) is 5.56 Å². The highest BCUT2D eigenvalue weighted by Gasteiger charge is 2.29. The summed E-state index contributed by atoms with van der Waals surface area (Å²) in [5.41, 5.74) is 1.52. The van der Waals surface area contributed by atoms with Gasteiger partial charge < -0.3 is 25.4 Å². The molecule has 0 saturated heterocycles. The second-order valence-corrected chi connectivity index (χ2v) is 6.64. The number of benzene rings is 2. The molecule has 0 spiro atoms. The second-order valence-electron chi connectivity index (χ2n) is 6.64. The van der Waals surface area contributed by atoms with Gasteiger partial charge in [-0.25, -0.2) is 13.6 Å². The van der Waals surface area contributed by atoms with Crippen molar-refractivity contribution < 1.29 is 28.2 Å². The minimum atomic E-state index is -3.01. The average molecular weight is 405 g/mol. The largest absolute Gasteiger partial charge is 0.482 e. The summed E-state index contributed by atoms with van der Waals surface area (Å²) in [6.45, 7) is -0.0660. The lowest BCUT2D eigenvalue weighted by Crippen LogP contribution is -2.49. The first-order chi connectivity index (χ1) is 13.8. The van der Waals surface area contributed by atoms with E-state index in [0.29, 0.717) is 22.7 Å². The van der Waals surface area contributed by atoms with Gasteiger partial charge in [0.15, 0.2) is 6.61 Å². The molecule has 1 heterocycles. The average Bonchev–Trinajstić information content (AvgIpc) is 2.70. The van der Waals surface area contributed by atoms with E-state index >= 15 is 0 Å². The van der Waals surface area contributed by atoms with Gasteiger partial charge in [0.05, 0.1) is 11.7 Å². The maximum atomic E-state index is 13.1. The summed E-state index contributed by atoms with van der Waals surface area (Å²) in [6, 6.07) is 11.5. The Hall–Kier alpha value is -3.20. The summed E-state index contributed by atoms with van der Waals surface area (Å²) in [7, 11) is 1.59. The molecule has 3 N–H and O–H groups in total. The molecule has 29 heavy (non-hydrogen) atoms. The number of fused-ring (bicyclic) bond motifs is 1. The van der Waals surface area contributed by atoms with Crippen LogP contribution in [-0.2, 0) is 11.2 Å². The van der Waals surface area contributed by atoms with E-state index in [0.717, 1.165) is 0 Å². The van der Waals surface area contributed by atoms with Crippen molar-refractivity contribution in [1.82, 2.24) is 5.32 Å². The molecule has 2 aromatic rings. The van der Waals surface area contributed by atoms with Gasteiger partial charge in [0.25, 0.3) is 12.3 Å². The Morgan fingerprint density at radius 3 is 2.66 bits per heavy atom. The molecule has 2 atom stereocenters. The second kappa shape index (κ2) is 8.87. The van der Waals surface area contributed by atoms with Crippen LogP contribution in [0.5, 0.6) is 5.75 Å². The number of hydrogen-bond acceptors (Lipinski definition) is 4. The summed E-state index contributed by atoms with van der Waals surface area (Å²) in [4.78, 5) is 25.5. The van der Waals surface area contributed by atoms with Crippen molar-refractivity contribution in [3.63, 3.8) is 0 Å². The highest BCUT2D eigenvalue weighted by molar-refractivity contribution is 5.99. The van der Waals surface area contributed by atoms with Crippen LogP contribution in [0.4, 0.5) is 25.0 Å². The summed E-state index contributed by atoms with van der Waals surface area (Å²) in [5.74, 6) is 0.259. The molecule has 0 aliphatic carbocycles. The molecular weight excluding hydrogens is 384 g/mol. The first-order valence-corrected chi connectivity index (χ1v) is 8.96. The minimum absolute atomic E-state index is 0.0367. The molecule has 9 heteroatoms. The number of aliphatic hydroxyl groups excluding tert-OH is 1. The number of anilines is 2. The number of nitrogens with one attached hydrogen (secondary N) is 2. The van der Waals surface area contributed by atoms with Gasteiger partial charge in [0.2, 0.25) is 0 Å². The van der Waals surface area contributed by atoms with Crippen LogP contribution in [-0.4, -0.2) is 49.3 Å². The molecule has 3 amide bonds. The Labute approximate surface area is 166 Å². The number of carbonyl (C=O) groups is 2. The molecule has 7 nitrogen and oxygen atoms in total. The topological polar surface area (TPSA) is 90.9 Å². The molecule has 3 rings (SSSR count). The van der Waals surface area contributed by atoms with Gasteiger partial charge in [0.1, 0.15) is 11.9 Å². The number of amides is 3. The fourth-order valence-electron chi connectivity index (χ4n) is 2.99. The molecule has 0 saturated carbocycles. The Balaban J connectivity index is 1.71. The van der Waals surface area contributed by atoms with E-state index in [1.54, 1.807) is 55.6 Å². The molecule has 0 bridgehead atoms. The zero-order valence-corrected chi connectivity index (χ0v) is 15.6. The number of nitrogens with zero attached hydrogens (tertiary/aromatic N) is 1. The minimum Gasteiger partial charge on any atom is -0.482 e. The molecule has 0 aromatic heterocycles. The highest BCUT2D eigenvalue weighted by Crippen LogP contribution is 2.33. The van der Waals surface area contributed by atoms with Gasteiger partial charge in [-0.2, -0.15) is 0 Å². The summed E-state index contributed by atoms with van der Waals surface area (Å²) < 4.78 is 31.4. The van der Waals surface area contributed by atoms with Crippen LogP contribution >= 0.6 is 0 Å². The molecular formula is C20H21F2N3O4. The number of alkyl halides is 2. The number of halogens is 2. The lowest BCUT2D eigenvalue weighted by atomic mass is 10.0. The number of rotatable bonds is 6. The van der Waals surface area contributed by atoms with Crippen LogP contribution < -0.4 is 20.3 Å². The fourth-order valence-corrected chi connectivity index (χ4v) is 2.99. The molecule has 1 aliphatic rings. The first kappa shape index (κ1) is 20.5. The van der Waals surface area contributed by atoms with Crippen LogP contribution in [0, 0.1) is 0 Å². The van der Waals surface area contributed by atoms with Gasteiger partial charge >= 0.3 is 6.03 Å². The Bertz CT molecular complexity index is 879. The van der Waals surface area contributed by atoms with Crippen LogP contribution in [0.3, 0.4) is 0 Å². The predicted molar refractivity (Wildman–Crippen MR) is 103 cm³/mol. The van der Waals surface area contributed by atoms with E-state index in [2.05, 4.69) is 10.6 Å². The van der Waals surface area contributed by atoms with Crippen LogP contribution in [0.25, 0.3) is 0 Å². The van der Waals surface area contributed by atoms with E-state index in [4.69, 9.17) is 4.74 Å². The third-order valence-electron chi connectivity index (χ3n) is 4.59. The van der Waals surface area contributed by atoms with Gasteiger partial charge in [-0.05, 0) is 30.2 Å². The van der Waals surface area contributed by atoms with E-state index in [-0.39, 0.29) is 18.9 Å². The van der Waals surface area contributed by atoms with Crippen molar-refractivity contribution in [3.8, 4) is 5.75 Å². The quantitative estimate of drug-likeness (QED) is 0.688. The van der Waals surface area contributed by atoms with Crippen molar-refractivity contribution in [3.05, 3.63) is 54.1 Å². The SMILES string of the molecule is CN1C(=O)COc2ccc(NC(=O)NC(Cc3ccccc3)C(O)C(F)F)cc21. The molecule has 2 aromatic carbocycles. The highest BCUT2D eigenvalue weighted by atomic mass is 19.3. The van der Waals surface area contributed by atoms with E-state index in [9.17, 15) is 23.5 Å². The zero-order chi connectivity index (χ0) is 21.0. The standard InChI is InChI=1S/C20H21F2N3O4/c1-25-15-10-13(7-8-16(15)29-11-17(25)26)23-20(28)24-14(18(27)19(21)22)9-12-5-3-2-4-6-12/h2-8,10,14,18-19,27H,9,11H2,1H3,(H2,23,24,28). The van der Waals surface area contributed by atoms with Crippen LogP contribution in [0.2, 0.25) is 0 Å². The van der Waals surface area contributed by atoms with Crippen molar-refractivity contribution >= 4 is 23.3 Å². The van der Waals surface area contributed by atoms with Crippen molar-refractivity contribution in [1.29, 1.82) is 0 Å². The van der Waals surface area contributed by atoms with Gasteiger partial charge in [-0.3, -0.25) is 4.79 Å². The predicted octanol–water partition coefficient (Wildman–Crippen LogP) is 2.40. The number of likely N-dealkylation sites (N-methyl/N-ethyl adjacent to an activating group) is 1. The maximum absolute atomic E-state index is 13.1. The lowest BCUT2D eigenvalue weighted by Gasteiger charge is -2.27. The Kier molecular flexibility index (Phi) is 6.28. The fraction of sp³-hybridized carbons (Fsp3) is 0.300. The molecule has 0 fully saturated rings. The third kappa shape index (κ3) is 5.00. The van der Waals surface area contributed by atoms with E-state index < -0.39 is 24.6 Å². The third-order valence-corrected chi connectivity index (χ3v) is 4.59. The van der Waals surface area contributed by atoms with Gasteiger partial charge in [0, 0.05) is 12.7 Å². The summed E-state index contributed by atoms with van der Waals surface area (Å²) in [6.07, 6.45) is -5.00. The van der Waals surface area contributed by atoms with Crippen molar-refractivity contribution in [2.24, 2.45) is 0 Å².